The summed E-state index contributed by atoms with van der Waals surface area (Å²) in [6.45, 7) is 3.14. The van der Waals surface area contributed by atoms with Crippen molar-refractivity contribution in [2.24, 2.45) is 0 Å². The number of pyridine rings is 1. The predicted molar refractivity (Wildman–Crippen MR) is 78.6 cm³/mol. The van der Waals surface area contributed by atoms with Crippen molar-refractivity contribution < 1.29 is 9.18 Å². The molecule has 1 aromatic carbocycles. The smallest absolute Gasteiger partial charge is 0.256 e. The molecule has 1 saturated heterocycles. The third kappa shape index (κ3) is 2.79. The largest absolute Gasteiger partial charge is 0.338 e. The first-order valence-electron chi connectivity index (χ1n) is 7.10. The maximum absolute atomic E-state index is 13.8. The molecule has 1 aliphatic heterocycles. The van der Waals surface area contributed by atoms with Gasteiger partial charge in [-0.3, -0.25) is 9.78 Å². The molecule has 21 heavy (non-hydrogen) atoms. The number of aromatic nitrogens is 1. The average Bonchev–Trinajstić information content (AvgIpc) is 3.00. The molecule has 4 heteroatoms. The van der Waals surface area contributed by atoms with Gasteiger partial charge in [-0.1, -0.05) is 17.7 Å². The van der Waals surface area contributed by atoms with Crippen molar-refractivity contribution in [2.45, 2.75) is 19.3 Å². The van der Waals surface area contributed by atoms with Crippen LogP contribution in [0.1, 0.15) is 33.8 Å². The van der Waals surface area contributed by atoms with E-state index in [4.69, 9.17) is 0 Å². The van der Waals surface area contributed by atoms with Crippen LogP contribution in [0.3, 0.4) is 0 Å². The van der Waals surface area contributed by atoms with Crippen molar-refractivity contribution in [3.63, 3.8) is 0 Å². The highest BCUT2D eigenvalue weighted by molar-refractivity contribution is 5.95. The van der Waals surface area contributed by atoms with Crippen LogP contribution in [0, 0.1) is 12.7 Å². The SMILES string of the molecule is Cc1ccc(F)c(C(=O)N2CCC(c3cccnc3)C2)c1. The second kappa shape index (κ2) is 5.64. The standard InChI is InChI=1S/C17H17FN2O/c1-12-4-5-16(18)15(9-12)17(21)20-8-6-14(11-20)13-3-2-7-19-10-13/h2-5,7,9-10,14H,6,8,11H2,1H3. The number of carbonyl (C=O) groups excluding carboxylic acids is 1. The number of benzene rings is 1. The Balaban J connectivity index is 1.77. The van der Waals surface area contributed by atoms with Gasteiger partial charge in [0.05, 0.1) is 5.56 Å². The van der Waals surface area contributed by atoms with Crippen LogP contribution in [0.4, 0.5) is 4.39 Å². The first-order valence-corrected chi connectivity index (χ1v) is 7.10. The summed E-state index contributed by atoms with van der Waals surface area (Å²) in [7, 11) is 0. The molecule has 0 spiro atoms. The first-order chi connectivity index (χ1) is 10.1. The molecule has 2 heterocycles. The summed E-state index contributed by atoms with van der Waals surface area (Å²) < 4.78 is 13.8. The molecule has 3 rings (SSSR count). The van der Waals surface area contributed by atoms with E-state index in [2.05, 4.69) is 4.98 Å². The zero-order valence-corrected chi connectivity index (χ0v) is 11.9. The van der Waals surface area contributed by atoms with Gasteiger partial charge in [0.1, 0.15) is 5.82 Å². The van der Waals surface area contributed by atoms with Crippen LogP contribution in [0.2, 0.25) is 0 Å². The van der Waals surface area contributed by atoms with E-state index in [0.717, 1.165) is 17.5 Å². The number of hydrogen-bond acceptors (Lipinski definition) is 2. The highest BCUT2D eigenvalue weighted by Gasteiger charge is 2.29. The Morgan fingerprint density at radius 2 is 2.24 bits per heavy atom. The van der Waals surface area contributed by atoms with E-state index >= 15 is 0 Å². The third-order valence-electron chi connectivity index (χ3n) is 3.98. The topological polar surface area (TPSA) is 33.2 Å². The number of likely N-dealkylation sites (tertiary alicyclic amines) is 1. The van der Waals surface area contributed by atoms with Crippen LogP contribution < -0.4 is 0 Å². The summed E-state index contributed by atoms with van der Waals surface area (Å²) in [5.41, 5.74) is 2.20. The van der Waals surface area contributed by atoms with Gasteiger partial charge in [0.2, 0.25) is 0 Å². The van der Waals surface area contributed by atoms with E-state index in [9.17, 15) is 9.18 Å². The zero-order valence-electron chi connectivity index (χ0n) is 11.9. The van der Waals surface area contributed by atoms with Crippen LogP contribution in [-0.2, 0) is 0 Å². The van der Waals surface area contributed by atoms with Gasteiger partial charge in [-0.25, -0.2) is 4.39 Å². The number of carbonyl (C=O) groups is 1. The fraction of sp³-hybridized carbons (Fsp3) is 0.294. The highest BCUT2D eigenvalue weighted by atomic mass is 19.1. The van der Waals surface area contributed by atoms with Crippen molar-refractivity contribution in [1.82, 2.24) is 9.88 Å². The zero-order chi connectivity index (χ0) is 14.8. The summed E-state index contributed by atoms with van der Waals surface area (Å²) >= 11 is 0. The van der Waals surface area contributed by atoms with Gasteiger partial charge in [-0.2, -0.15) is 0 Å². The second-order valence-electron chi connectivity index (χ2n) is 5.51. The van der Waals surface area contributed by atoms with Crippen LogP contribution in [-0.4, -0.2) is 28.9 Å². The molecule has 1 fully saturated rings. The van der Waals surface area contributed by atoms with Gasteiger partial charge in [0.15, 0.2) is 0 Å². The maximum atomic E-state index is 13.8. The lowest BCUT2D eigenvalue weighted by Crippen LogP contribution is -2.29. The van der Waals surface area contributed by atoms with Gasteiger partial charge in [0, 0.05) is 31.4 Å². The van der Waals surface area contributed by atoms with E-state index in [-0.39, 0.29) is 17.4 Å². The Bertz CT molecular complexity index is 657. The Kier molecular flexibility index (Phi) is 3.69. The van der Waals surface area contributed by atoms with Crippen LogP contribution in [0.15, 0.2) is 42.7 Å². The van der Waals surface area contributed by atoms with E-state index in [1.165, 1.54) is 6.07 Å². The Morgan fingerprint density at radius 3 is 3.00 bits per heavy atom. The van der Waals surface area contributed by atoms with Crippen molar-refractivity contribution in [2.75, 3.05) is 13.1 Å². The molecule has 1 aromatic heterocycles. The lowest BCUT2D eigenvalue weighted by molar-refractivity contribution is 0.0786. The van der Waals surface area contributed by atoms with Gasteiger partial charge in [-0.05, 0) is 37.1 Å². The normalized spacial score (nSPS) is 18.0. The number of aryl methyl sites for hydroxylation is 1. The quantitative estimate of drug-likeness (QED) is 0.848. The lowest BCUT2D eigenvalue weighted by atomic mass is 10.0. The maximum Gasteiger partial charge on any atom is 0.256 e. The monoisotopic (exact) mass is 284 g/mol. The van der Waals surface area contributed by atoms with E-state index in [1.807, 2.05) is 25.3 Å². The predicted octanol–water partition coefficient (Wildman–Crippen LogP) is 3.16. The molecule has 0 aliphatic carbocycles. The number of amides is 1. The molecule has 1 amide bonds. The molecule has 1 atom stereocenters. The fourth-order valence-electron chi connectivity index (χ4n) is 2.81. The second-order valence-corrected chi connectivity index (χ2v) is 5.51. The highest BCUT2D eigenvalue weighted by Crippen LogP contribution is 2.28. The van der Waals surface area contributed by atoms with Gasteiger partial charge in [0.25, 0.3) is 5.91 Å². The molecule has 0 radical (unpaired) electrons. The molecular formula is C17H17FN2O. The number of hydrogen-bond donors (Lipinski definition) is 0. The fourth-order valence-corrected chi connectivity index (χ4v) is 2.81. The van der Waals surface area contributed by atoms with Gasteiger partial charge in [-0.15, -0.1) is 0 Å². The Labute approximate surface area is 123 Å². The van der Waals surface area contributed by atoms with Gasteiger partial charge >= 0.3 is 0 Å². The molecule has 0 saturated carbocycles. The summed E-state index contributed by atoms with van der Waals surface area (Å²) in [6, 6.07) is 8.58. The minimum absolute atomic E-state index is 0.168. The minimum atomic E-state index is -0.449. The molecule has 2 aromatic rings. The molecule has 3 nitrogen and oxygen atoms in total. The Hall–Kier alpha value is -2.23. The van der Waals surface area contributed by atoms with Crippen molar-refractivity contribution in [3.8, 4) is 0 Å². The molecule has 0 bridgehead atoms. The van der Waals surface area contributed by atoms with E-state index in [1.54, 1.807) is 23.2 Å². The Morgan fingerprint density at radius 1 is 1.38 bits per heavy atom. The van der Waals surface area contributed by atoms with E-state index in [0.29, 0.717) is 13.1 Å². The van der Waals surface area contributed by atoms with Crippen molar-refractivity contribution in [3.05, 3.63) is 65.2 Å². The lowest BCUT2D eigenvalue weighted by Gasteiger charge is -2.17. The third-order valence-corrected chi connectivity index (χ3v) is 3.98. The molecular weight excluding hydrogens is 267 g/mol. The van der Waals surface area contributed by atoms with Gasteiger partial charge < -0.3 is 4.90 Å². The number of halogens is 1. The summed E-state index contributed by atoms with van der Waals surface area (Å²) in [4.78, 5) is 18.3. The first kappa shape index (κ1) is 13.7. The van der Waals surface area contributed by atoms with Crippen molar-refractivity contribution >= 4 is 5.91 Å². The molecule has 0 N–H and O–H groups in total. The summed E-state index contributed by atoms with van der Waals surface area (Å²) in [5, 5.41) is 0. The number of nitrogens with zero attached hydrogens (tertiary/aromatic N) is 2. The van der Waals surface area contributed by atoms with Crippen LogP contribution in [0.5, 0.6) is 0 Å². The van der Waals surface area contributed by atoms with Crippen molar-refractivity contribution in [1.29, 1.82) is 0 Å². The number of rotatable bonds is 2. The molecule has 108 valence electrons. The average molecular weight is 284 g/mol. The van der Waals surface area contributed by atoms with Crippen LogP contribution in [0.25, 0.3) is 0 Å². The minimum Gasteiger partial charge on any atom is -0.338 e. The van der Waals surface area contributed by atoms with E-state index < -0.39 is 5.82 Å². The molecule has 1 aliphatic rings. The summed E-state index contributed by atoms with van der Waals surface area (Å²) in [5.74, 6) is -0.381. The summed E-state index contributed by atoms with van der Waals surface area (Å²) in [6.07, 6.45) is 4.47. The van der Waals surface area contributed by atoms with Crippen LogP contribution >= 0.6 is 0 Å². The molecule has 1 unspecified atom stereocenters.